The average Bonchev–Trinajstić information content (AvgIpc) is 2.42. The lowest BCUT2D eigenvalue weighted by Gasteiger charge is -2.27. The zero-order valence-corrected chi connectivity index (χ0v) is 13.8. The molecule has 1 nitrogen and oxygen atoms in total. The number of hydrogen-bond acceptors (Lipinski definition) is 2. The fourth-order valence-electron chi connectivity index (χ4n) is 2.48. The quantitative estimate of drug-likeness (QED) is 0.735. The maximum absolute atomic E-state index is 3.71. The van der Waals surface area contributed by atoms with E-state index in [-0.39, 0.29) is 0 Å². The molecule has 0 aromatic heterocycles. The molecule has 0 saturated heterocycles. The molecule has 98 valence electrons. The summed E-state index contributed by atoms with van der Waals surface area (Å²) in [5, 5.41) is 3.71. The van der Waals surface area contributed by atoms with Crippen LogP contribution >= 0.6 is 34.4 Å². The van der Waals surface area contributed by atoms with Gasteiger partial charge in [-0.3, -0.25) is 0 Å². The van der Waals surface area contributed by atoms with E-state index in [1.807, 2.05) is 11.8 Å². The maximum atomic E-state index is 3.71. The summed E-state index contributed by atoms with van der Waals surface area (Å²) in [6, 6.07) is 15.8. The summed E-state index contributed by atoms with van der Waals surface area (Å²) in [6.07, 6.45) is 0. The van der Waals surface area contributed by atoms with Crippen LogP contribution in [0.2, 0.25) is 0 Å². The fraction of sp³-hybridized carbons (Fsp3) is 0.250. The first kappa shape index (κ1) is 13.3. The Kier molecular flexibility index (Phi) is 4.03. The van der Waals surface area contributed by atoms with Crippen LogP contribution < -0.4 is 5.32 Å². The first-order valence-electron chi connectivity index (χ1n) is 6.42. The Hall–Kier alpha value is -0.680. The first-order valence-corrected chi connectivity index (χ1v) is 8.65. The van der Waals surface area contributed by atoms with E-state index in [9.17, 15) is 0 Å². The SMILES string of the molecule is Cc1cc(I)ccc1NC1CSCc2ccccc21. The molecule has 2 aromatic carbocycles. The summed E-state index contributed by atoms with van der Waals surface area (Å²) >= 11 is 4.37. The standard InChI is InChI=1S/C16H16INS/c1-11-8-13(17)6-7-15(11)18-16-10-19-9-12-4-2-3-5-14(12)16/h2-8,16,18H,9-10H2,1H3. The number of hydrogen-bond donors (Lipinski definition) is 1. The fourth-order valence-corrected chi connectivity index (χ4v) is 4.22. The Morgan fingerprint density at radius 2 is 2.05 bits per heavy atom. The molecule has 1 aliphatic rings. The first-order chi connectivity index (χ1) is 9.24. The van der Waals surface area contributed by atoms with Crippen molar-refractivity contribution in [3.05, 3.63) is 62.7 Å². The third kappa shape index (κ3) is 2.92. The Morgan fingerprint density at radius 1 is 1.21 bits per heavy atom. The summed E-state index contributed by atoms with van der Waals surface area (Å²) < 4.78 is 1.29. The number of anilines is 1. The number of aryl methyl sites for hydroxylation is 1. The highest BCUT2D eigenvalue weighted by Crippen LogP contribution is 2.34. The molecular formula is C16H16INS. The van der Waals surface area contributed by atoms with E-state index in [1.54, 1.807) is 0 Å². The summed E-state index contributed by atoms with van der Waals surface area (Å²) in [6.45, 7) is 2.17. The minimum absolute atomic E-state index is 0.425. The monoisotopic (exact) mass is 381 g/mol. The third-order valence-corrected chi connectivity index (χ3v) is 5.25. The topological polar surface area (TPSA) is 12.0 Å². The van der Waals surface area contributed by atoms with Crippen molar-refractivity contribution in [2.45, 2.75) is 18.7 Å². The molecule has 0 radical (unpaired) electrons. The van der Waals surface area contributed by atoms with Gasteiger partial charge in [0.05, 0.1) is 6.04 Å². The van der Waals surface area contributed by atoms with E-state index >= 15 is 0 Å². The molecule has 1 heterocycles. The predicted octanol–water partition coefficient (Wildman–Crippen LogP) is 5.00. The Labute approximate surface area is 132 Å². The molecule has 0 fully saturated rings. The van der Waals surface area contributed by atoms with Crippen LogP contribution in [0.5, 0.6) is 0 Å². The van der Waals surface area contributed by atoms with Gasteiger partial charge in [-0.1, -0.05) is 24.3 Å². The molecule has 0 spiro atoms. The van der Waals surface area contributed by atoms with Gasteiger partial charge in [0, 0.05) is 20.8 Å². The molecule has 0 saturated carbocycles. The van der Waals surface area contributed by atoms with Crippen molar-refractivity contribution < 1.29 is 0 Å². The highest BCUT2D eigenvalue weighted by Gasteiger charge is 2.20. The summed E-state index contributed by atoms with van der Waals surface area (Å²) in [5.41, 5.74) is 5.50. The molecule has 1 unspecified atom stereocenters. The molecule has 3 rings (SSSR count). The van der Waals surface area contributed by atoms with E-state index in [4.69, 9.17) is 0 Å². The molecule has 0 aliphatic carbocycles. The second-order valence-corrected chi connectivity index (χ2v) is 7.15. The van der Waals surface area contributed by atoms with Crippen LogP contribution in [0, 0.1) is 10.5 Å². The molecule has 0 bridgehead atoms. The van der Waals surface area contributed by atoms with Crippen LogP contribution in [0.15, 0.2) is 42.5 Å². The van der Waals surface area contributed by atoms with E-state index in [0.29, 0.717) is 6.04 Å². The van der Waals surface area contributed by atoms with Crippen molar-refractivity contribution in [1.82, 2.24) is 0 Å². The molecule has 1 atom stereocenters. The van der Waals surface area contributed by atoms with Crippen LogP contribution in [-0.4, -0.2) is 5.75 Å². The number of nitrogens with one attached hydrogen (secondary N) is 1. The Balaban J connectivity index is 1.88. The molecule has 1 N–H and O–H groups in total. The Morgan fingerprint density at radius 3 is 2.89 bits per heavy atom. The molecule has 19 heavy (non-hydrogen) atoms. The van der Waals surface area contributed by atoms with Crippen molar-refractivity contribution >= 4 is 40.0 Å². The highest BCUT2D eigenvalue weighted by molar-refractivity contribution is 14.1. The van der Waals surface area contributed by atoms with Gasteiger partial charge in [0.1, 0.15) is 0 Å². The van der Waals surface area contributed by atoms with Crippen LogP contribution in [0.4, 0.5) is 5.69 Å². The van der Waals surface area contributed by atoms with Crippen molar-refractivity contribution in [3.8, 4) is 0 Å². The Bertz CT molecular complexity index is 597. The van der Waals surface area contributed by atoms with Gasteiger partial charge in [-0.15, -0.1) is 0 Å². The predicted molar refractivity (Wildman–Crippen MR) is 92.9 cm³/mol. The number of halogens is 1. The lowest BCUT2D eigenvalue weighted by Crippen LogP contribution is -2.19. The van der Waals surface area contributed by atoms with Gasteiger partial charge in [0.15, 0.2) is 0 Å². The second kappa shape index (κ2) is 5.75. The van der Waals surface area contributed by atoms with Crippen LogP contribution in [0.3, 0.4) is 0 Å². The summed E-state index contributed by atoms with van der Waals surface area (Å²) in [5.74, 6) is 2.28. The van der Waals surface area contributed by atoms with Gasteiger partial charge < -0.3 is 5.32 Å². The normalized spacial score (nSPS) is 17.9. The minimum Gasteiger partial charge on any atom is -0.377 e. The van der Waals surface area contributed by atoms with Gasteiger partial charge >= 0.3 is 0 Å². The van der Waals surface area contributed by atoms with Gasteiger partial charge in [0.2, 0.25) is 0 Å². The minimum atomic E-state index is 0.425. The lowest BCUT2D eigenvalue weighted by molar-refractivity contribution is 0.869. The zero-order valence-electron chi connectivity index (χ0n) is 10.8. The number of rotatable bonds is 2. The zero-order chi connectivity index (χ0) is 13.2. The maximum Gasteiger partial charge on any atom is 0.0607 e. The van der Waals surface area contributed by atoms with Gasteiger partial charge in [0.25, 0.3) is 0 Å². The van der Waals surface area contributed by atoms with E-state index in [0.717, 1.165) is 11.5 Å². The smallest absolute Gasteiger partial charge is 0.0607 e. The second-order valence-electron chi connectivity index (χ2n) is 4.87. The molecular weight excluding hydrogens is 365 g/mol. The molecule has 2 aromatic rings. The molecule has 1 aliphatic heterocycles. The van der Waals surface area contributed by atoms with Gasteiger partial charge in [-0.05, 0) is 64.4 Å². The highest BCUT2D eigenvalue weighted by atomic mass is 127. The van der Waals surface area contributed by atoms with Crippen LogP contribution in [0.25, 0.3) is 0 Å². The largest absolute Gasteiger partial charge is 0.377 e. The summed E-state index contributed by atoms with van der Waals surface area (Å²) in [4.78, 5) is 0. The molecule has 3 heteroatoms. The van der Waals surface area contributed by atoms with Crippen molar-refractivity contribution in [3.63, 3.8) is 0 Å². The third-order valence-electron chi connectivity index (χ3n) is 3.49. The number of thioether (sulfide) groups is 1. The van der Waals surface area contributed by atoms with Crippen LogP contribution in [-0.2, 0) is 5.75 Å². The lowest BCUT2D eigenvalue weighted by atomic mass is 10.0. The van der Waals surface area contributed by atoms with Crippen molar-refractivity contribution in [2.75, 3.05) is 11.1 Å². The van der Waals surface area contributed by atoms with Crippen LogP contribution in [0.1, 0.15) is 22.7 Å². The van der Waals surface area contributed by atoms with Crippen molar-refractivity contribution in [1.29, 1.82) is 0 Å². The van der Waals surface area contributed by atoms with E-state index in [2.05, 4.69) is 77.3 Å². The van der Waals surface area contributed by atoms with Crippen molar-refractivity contribution in [2.24, 2.45) is 0 Å². The van der Waals surface area contributed by atoms with E-state index < -0.39 is 0 Å². The number of benzene rings is 2. The van der Waals surface area contributed by atoms with Gasteiger partial charge in [-0.25, -0.2) is 0 Å². The number of fused-ring (bicyclic) bond motifs is 1. The van der Waals surface area contributed by atoms with Gasteiger partial charge in [-0.2, -0.15) is 11.8 Å². The van der Waals surface area contributed by atoms with E-state index in [1.165, 1.54) is 25.9 Å². The molecule has 0 amide bonds. The average molecular weight is 381 g/mol. The summed E-state index contributed by atoms with van der Waals surface area (Å²) in [7, 11) is 0.